The van der Waals surface area contributed by atoms with Crippen molar-refractivity contribution in [2.24, 2.45) is 5.92 Å². The second-order valence-corrected chi connectivity index (χ2v) is 4.73. The van der Waals surface area contributed by atoms with E-state index in [9.17, 15) is 13.6 Å². The number of Topliss-reactive ketones (excluding diaryl/α,β-unsaturated/α-hetero) is 1. The highest BCUT2D eigenvalue weighted by atomic mass is 19.1. The van der Waals surface area contributed by atoms with E-state index in [0.717, 1.165) is 12.6 Å². The molecule has 0 saturated carbocycles. The van der Waals surface area contributed by atoms with Gasteiger partial charge in [-0.2, -0.15) is 0 Å². The molecule has 1 aromatic carbocycles. The van der Waals surface area contributed by atoms with Crippen LogP contribution in [0, 0.1) is 17.6 Å². The lowest BCUT2D eigenvalue weighted by Crippen LogP contribution is -2.39. The lowest BCUT2D eigenvalue weighted by Gasteiger charge is -2.17. The Hall–Kier alpha value is -1.33. The first-order valence-electron chi connectivity index (χ1n) is 6.39. The normalized spacial score (nSPS) is 22.7. The van der Waals surface area contributed by atoms with Crippen LogP contribution in [-0.4, -0.2) is 31.6 Å². The number of ether oxygens (including phenoxy) is 1. The van der Waals surface area contributed by atoms with Gasteiger partial charge < -0.3 is 10.1 Å². The SMILES string of the molecule is CCNC1COCC1C(=O)Cc1cc(F)cc(F)c1. The molecule has 1 fully saturated rings. The summed E-state index contributed by atoms with van der Waals surface area (Å²) < 4.78 is 31.4. The molecule has 5 heteroatoms. The van der Waals surface area contributed by atoms with Crippen molar-refractivity contribution >= 4 is 5.78 Å². The second-order valence-electron chi connectivity index (χ2n) is 4.73. The highest BCUT2D eigenvalue weighted by Gasteiger charge is 2.33. The van der Waals surface area contributed by atoms with E-state index in [2.05, 4.69) is 5.32 Å². The van der Waals surface area contributed by atoms with Gasteiger partial charge in [-0.1, -0.05) is 6.92 Å². The molecule has 104 valence electrons. The summed E-state index contributed by atoms with van der Waals surface area (Å²) in [6.45, 7) is 3.59. The third-order valence-electron chi connectivity index (χ3n) is 3.26. The van der Waals surface area contributed by atoms with E-state index < -0.39 is 11.6 Å². The smallest absolute Gasteiger partial charge is 0.144 e. The zero-order valence-electron chi connectivity index (χ0n) is 10.8. The van der Waals surface area contributed by atoms with Crippen molar-refractivity contribution in [3.63, 3.8) is 0 Å². The minimum atomic E-state index is -0.659. The molecule has 0 radical (unpaired) electrons. The van der Waals surface area contributed by atoms with Gasteiger partial charge in [0.2, 0.25) is 0 Å². The molecule has 1 aromatic rings. The predicted octanol–water partition coefficient (Wildman–Crippen LogP) is 1.70. The van der Waals surface area contributed by atoms with E-state index in [4.69, 9.17) is 4.74 Å². The molecule has 1 aliphatic rings. The molecule has 0 aliphatic carbocycles. The zero-order chi connectivity index (χ0) is 13.8. The summed E-state index contributed by atoms with van der Waals surface area (Å²) in [5, 5.41) is 3.19. The summed E-state index contributed by atoms with van der Waals surface area (Å²) in [4.78, 5) is 12.2. The minimum Gasteiger partial charge on any atom is -0.379 e. The maximum atomic E-state index is 13.1. The number of hydrogen-bond acceptors (Lipinski definition) is 3. The van der Waals surface area contributed by atoms with Gasteiger partial charge in [-0.3, -0.25) is 4.79 Å². The van der Waals surface area contributed by atoms with Gasteiger partial charge in [-0.15, -0.1) is 0 Å². The van der Waals surface area contributed by atoms with Gasteiger partial charge in [0.1, 0.15) is 17.4 Å². The third kappa shape index (κ3) is 3.58. The standard InChI is InChI=1S/C14H17F2NO2/c1-2-17-13-8-19-7-12(13)14(18)5-9-3-10(15)6-11(16)4-9/h3-4,6,12-13,17H,2,5,7-8H2,1H3. The molecule has 0 amide bonds. The van der Waals surface area contributed by atoms with Crippen LogP contribution in [0.2, 0.25) is 0 Å². The molecule has 3 nitrogen and oxygen atoms in total. The van der Waals surface area contributed by atoms with E-state index in [1.165, 1.54) is 12.1 Å². The average molecular weight is 269 g/mol. The lowest BCUT2D eigenvalue weighted by molar-refractivity contribution is -0.122. The van der Waals surface area contributed by atoms with E-state index in [1.54, 1.807) is 0 Å². The van der Waals surface area contributed by atoms with Crippen LogP contribution in [-0.2, 0) is 16.0 Å². The highest BCUT2D eigenvalue weighted by molar-refractivity contribution is 5.84. The van der Waals surface area contributed by atoms with Crippen LogP contribution in [0.1, 0.15) is 12.5 Å². The Kier molecular flexibility index (Phi) is 4.61. The number of carbonyl (C=O) groups excluding carboxylic acids is 1. The maximum absolute atomic E-state index is 13.1. The summed E-state index contributed by atoms with van der Waals surface area (Å²) in [6.07, 6.45) is 0.0323. The summed E-state index contributed by atoms with van der Waals surface area (Å²) in [7, 11) is 0. The van der Waals surface area contributed by atoms with Crippen molar-refractivity contribution in [3.8, 4) is 0 Å². The molecule has 1 N–H and O–H groups in total. The topological polar surface area (TPSA) is 38.3 Å². The lowest BCUT2D eigenvalue weighted by atomic mass is 9.93. The molecule has 0 spiro atoms. The fourth-order valence-electron chi connectivity index (χ4n) is 2.38. The molecular weight excluding hydrogens is 252 g/mol. The number of benzene rings is 1. The first-order chi connectivity index (χ1) is 9.10. The van der Waals surface area contributed by atoms with Gasteiger partial charge in [0.15, 0.2) is 0 Å². The van der Waals surface area contributed by atoms with Crippen molar-refractivity contribution < 1.29 is 18.3 Å². The van der Waals surface area contributed by atoms with E-state index in [1.807, 2.05) is 6.92 Å². The second kappa shape index (κ2) is 6.21. The number of rotatable bonds is 5. The van der Waals surface area contributed by atoms with Crippen LogP contribution in [0.3, 0.4) is 0 Å². The Labute approximate surface area is 111 Å². The first-order valence-corrected chi connectivity index (χ1v) is 6.39. The average Bonchev–Trinajstić information content (AvgIpc) is 2.76. The Balaban J connectivity index is 2.04. The van der Waals surface area contributed by atoms with Crippen LogP contribution >= 0.6 is 0 Å². The summed E-state index contributed by atoms with van der Waals surface area (Å²) in [6, 6.07) is 3.18. The number of hydrogen-bond donors (Lipinski definition) is 1. The number of carbonyl (C=O) groups is 1. The molecule has 1 saturated heterocycles. The molecule has 2 atom stereocenters. The zero-order valence-corrected chi connectivity index (χ0v) is 10.8. The third-order valence-corrected chi connectivity index (χ3v) is 3.26. The monoisotopic (exact) mass is 269 g/mol. The van der Waals surface area contributed by atoms with Gasteiger partial charge in [0.05, 0.1) is 19.1 Å². The van der Waals surface area contributed by atoms with Crippen molar-refractivity contribution in [1.82, 2.24) is 5.32 Å². The van der Waals surface area contributed by atoms with Crippen LogP contribution < -0.4 is 5.32 Å². The predicted molar refractivity (Wildman–Crippen MR) is 66.8 cm³/mol. The molecule has 1 heterocycles. The van der Waals surface area contributed by atoms with Gasteiger partial charge >= 0.3 is 0 Å². The fraction of sp³-hybridized carbons (Fsp3) is 0.500. The molecule has 0 aromatic heterocycles. The Morgan fingerprint density at radius 3 is 2.63 bits per heavy atom. The first kappa shape index (κ1) is 14.1. The molecule has 0 bridgehead atoms. The molecular formula is C14H17F2NO2. The van der Waals surface area contributed by atoms with Crippen LogP contribution in [0.25, 0.3) is 0 Å². The van der Waals surface area contributed by atoms with E-state index in [-0.39, 0.29) is 24.2 Å². The van der Waals surface area contributed by atoms with Crippen LogP contribution in [0.5, 0.6) is 0 Å². The van der Waals surface area contributed by atoms with Crippen LogP contribution in [0.15, 0.2) is 18.2 Å². The van der Waals surface area contributed by atoms with Gasteiger partial charge in [-0.05, 0) is 24.2 Å². The number of likely N-dealkylation sites (N-methyl/N-ethyl adjacent to an activating group) is 1. The Bertz CT molecular complexity index is 445. The summed E-state index contributed by atoms with van der Waals surface area (Å²) in [5.41, 5.74) is 0.365. The van der Waals surface area contributed by atoms with Gasteiger partial charge in [0.25, 0.3) is 0 Å². The quantitative estimate of drug-likeness (QED) is 0.884. The van der Waals surface area contributed by atoms with Gasteiger partial charge in [-0.25, -0.2) is 8.78 Å². The maximum Gasteiger partial charge on any atom is 0.144 e. The Morgan fingerprint density at radius 2 is 2.00 bits per heavy atom. The molecule has 2 unspecified atom stereocenters. The molecule has 2 rings (SSSR count). The van der Waals surface area contributed by atoms with Crippen molar-refractivity contribution in [1.29, 1.82) is 0 Å². The van der Waals surface area contributed by atoms with Crippen molar-refractivity contribution in [3.05, 3.63) is 35.4 Å². The van der Waals surface area contributed by atoms with E-state index >= 15 is 0 Å². The molecule has 19 heavy (non-hydrogen) atoms. The number of ketones is 1. The summed E-state index contributed by atoms with van der Waals surface area (Å²) in [5.74, 6) is -1.61. The van der Waals surface area contributed by atoms with Gasteiger partial charge in [0, 0.05) is 18.5 Å². The Morgan fingerprint density at radius 1 is 1.32 bits per heavy atom. The number of halogens is 2. The molecule has 1 aliphatic heterocycles. The largest absolute Gasteiger partial charge is 0.379 e. The number of nitrogens with one attached hydrogen (secondary N) is 1. The highest BCUT2D eigenvalue weighted by Crippen LogP contribution is 2.18. The van der Waals surface area contributed by atoms with Crippen LogP contribution in [0.4, 0.5) is 8.78 Å². The minimum absolute atomic E-state index is 0.00379. The van der Waals surface area contributed by atoms with E-state index in [0.29, 0.717) is 18.8 Å². The van der Waals surface area contributed by atoms with Crippen molar-refractivity contribution in [2.45, 2.75) is 19.4 Å². The fourth-order valence-corrected chi connectivity index (χ4v) is 2.38. The summed E-state index contributed by atoms with van der Waals surface area (Å²) >= 11 is 0. The van der Waals surface area contributed by atoms with Crippen molar-refractivity contribution in [2.75, 3.05) is 19.8 Å².